The first kappa shape index (κ1) is 41.2. The molecule has 1 aliphatic heterocycles. The molecule has 3 heterocycles. The zero-order chi connectivity index (χ0) is 34.5. The number of aromatic amines is 1. The summed E-state index contributed by atoms with van der Waals surface area (Å²) in [5.41, 5.74) is 0.364. The minimum absolute atomic E-state index is 0.0727. The smallest absolute Gasteiger partial charge is 0.377 e. The lowest BCUT2D eigenvalue weighted by atomic mass is 10.1. The highest BCUT2D eigenvalue weighted by Gasteiger charge is 2.31. The summed E-state index contributed by atoms with van der Waals surface area (Å²) in [6.45, 7) is 7.15. The number of nitrogens with one attached hydrogen (secondary N) is 1. The van der Waals surface area contributed by atoms with Crippen LogP contribution in [0.15, 0.2) is 17.4 Å². The van der Waals surface area contributed by atoms with Crippen LogP contribution in [0.1, 0.15) is 149 Å². The molecule has 0 bridgehead atoms. The Morgan fingerprint density at radius 1 is 0.938 bits per heavy atom. The molecular formula is C35H63N4O7PS. The van der Waals surface area contributed by atoms with Crippen molar-refractivity contribution in [3.63, 3.8) is 0 Å². The van der Waals surface area contributed by atoms with Crippen LogP contribution < -0.4 is 5.56 Å². The predicted octanol–water partition coefficient (Wildman–Crippen LogP) is 9.11. The van der Waals surface area contributed by atoms with Gasteiger partial charge in [-0.25, -0.2) is 14.5 Å². The van der Waals surface area contributed by atoms with E-state index in [1.165, 1.54) is 121 Å². The summed E-state index contributed by atoms with van der Waals surface area (Å²) in [5.74, 6) is 1.18. The first-order valence-corrected chi connectivity index (χ1v) is 21.3. The number of fused-ring (bicyclic) bond motifs is 1. The molecular weight excluding hydrogens is 651 g/mol. The van der Waals surface area contributed by atoms with Crippen molar-refractivity contribution in [3.05, 3.63) is 23.0 Å². The largest absolute Gasteiger partial charge is 0.472 e. The van der Waals surface area contributed by atoms with Gasteiger partial charge in [0.2, 0.25) is 0 Å². The van der Waals surface area contributed by atoms with Gasteiger partial charge in [-0.2, -0.15) is 11.8 Å². The number of nitrogens with zero attached hydrogens (tertiary/aromatic N) is 3. The number of aromatic nitrogens is 4. The van der Waals surface area contributed by atoms with Crippen molar-refractivity contribution in [1.29, 1.82) is 0 Å². The molecule has 13 heteroatoms. The lowest BCUT2D eigenvalue weighted by Gasteiger charge is -2.24. The third-order valence-corrected chi connectivity index (χ3v) is 11.6. The van der Waals surface area contributed by atoms with E-state index in [0.29, 0.717) is 36.8 Å². The van der Waals surface area contributed by atoms with Gasteiger partial charge in [-0.15, -0.1) is 0 Å². The number of phosphoric ester groups is 1. The number of thioether (sulfide) groups is 1. The molecule has 2 aromatic rings. The van der Waals surface area contributed by atoms with Crippen LogP contribution in [0.4, 0.5) is 0 Å². The van der Waals surface area contributed by atoms with E-state index < -0.39 is 7.82 Å². The Morgan fingerprint density at radius 2 is 1.60 bits per heavy atom. The van der Waals surface area contributed by atoms with Gasteiger partial charge in [-0.1, -0.05) is 104 Å². The predicted molar refractivity (Wildman–Crippen MR) is 195 cm³/mol. The van der Waals surface area contributed by atoms with E-state index in [9.17, 15) is 14.3 Å². The van der Waals surface area contributed by atoms with E-state index in [4.69, 9.17) is 18.5 Å². The average Bonchev–Trinajstić information content (AvgIpc) is 3.73. The van der Waals surface area contributed by atoms with Crippen molar-refractivity contribution in [2.45, 2.75) is 166 Å². The topological polar surface area (TPSA) is 138 Å². The van der Waals surface area contributed by atoms with E-state index in [0.717, 1.165) is 0 Å². The second-order valence-electron chi connectivity index (χ2n) is 13.2. The van der Waals surface area contributed by atoms with Crippen LogP contribution >= 0.6 is 19.6 Å². The van der Waals surface area contributed by atoms with Crippen molar-refractivity contribution >= 4 is 30.7 Å². The van der Waals surface area contributed by atoms with Crippen molar-refractivity contribution in [3.8, 4) is 0 Å². The Labute approximate surface area is 292 Å². The number of hydrogen-bond donors (Lipinski definition) is 2. The Morgan fingerprint density at radius 3 is 2.31 bits per heavy atom. The molecule has 0 spiro atoms. The van der Waals surface area contributed by atoms with Gasteiger partial charge in [0.1, 0.15) is 6.23 Å². The number of unbranched alkanes of at least 4 members (excludes halogenated alkanes) is 13. The molecule has 2 aromatic heterocycles. The molecule has 3 rings (SSSR count). The zero-order valence-corrected chi connectivity index (χ0v) is 31.5. The molecule has 0 amide bonds. The third-order valence-electron chi connectivity index (χ3n) is 9.05. The number of H-pyrrole nitrogens is 1. The van der Waals surface area contributed by atoms with Gasteiger partial charge in [0.05, 0.1) is 38.1 Å². The quantitative estimate of drug-likeness (QED) is 0.0620. The molecule has 1 fully saturated rings. The minimum atomic E-state index is -4.23. The number of hydrogen-bond acceptors (Lipinski definition) is 9. The number of rotatable bonds is 29. The first-order chi connectivity index (χ1) is 23.3. The van der Waals surface area contributed by atoms with E-state index in [1.807, 2.05) is 0 Å². The fourth-order valence-corrected chi connectivity index (χ4v) is 8.29. The number of phosphoric acid groups is 1. The summed E-state index contributed by atoms with van der Waals surface area (Å²) in [6.07, 6.45) is 25.1. The van der Waals surface area contributed by atoms with Crippen LogP contribution in [0, 0.1) is 0 Å². The second-order valence-corrected chi connectivity index (χ2v) is 16.0. The van der Waals surface area contributed by atoms with Gasteiger partial charge in [0, 0.05) is 11.9 Å². The van der Waals surface area contributed by atoms with Gasteiger partial charge < -0.3 is 19.4 Å². The van der Waals surface area contributed by atoms with Crippen molar-refractivity contribution in [2.75, 3.05) is 25.6 Å². The summed E-state index contributed by atoms with van der Waals surface area (Å²) in [7, 11) is -4.23. The molecule has 1 saturated heterocycles. The van der Waals surface area contributed by atoms with Crippen LogP contribution in [0.2, 0.25) is 0 Å². The van der Waals surface area contributed by atoms with Gasteiger partial charge in [0.15, 0.2) is 11.2 Å². The Balaban J connectivity index is 1.28. The molecule has 0 saturated carbocycles. The first-order valence-electron chi connectivity index (χ1n) is 18.7. The van der Waals surface area contributed by atoms with Crippen molar-refractivity contribution in [2.24, 2.45) is 0 Å². The highest BCUT2D eigenvalue weighted by Crippen LogP contribution is 2.44. The molecule has 0 aromatic carbocycles. The van der Waals surface area contributed by atoms with Gasteiger partial charge in [0.25, 0.3) is 5.56 Å². The van der Waals surface area contributed by atoms with Crippen LogP contribution in [0.25, 0.3) is 11.2 Å². The summed E-state index contributed by atoms with van der Waals surface area (Å²) in [6, 6.07) is 0. The van der Waals surface area contributed by atoms with Crippen molar-refractivity contribution in [1.82, 2.24) is 19.5 Å². The summed E-state index contributed by atoms with van der Waals surface area (Å²) < 4.78 is 36.9. The Hall–Kier alpha value is -1.27. The summed E-state index contributed by atoms with van der Waals surface area (Å²) >= 11 is 2.06. The van der Waals surface area contributed by atoms with E-state index in [1.54, 1.807) is 4.57 Å². The van der Waals surface area contributed by atoms with E-state index in [2.05, 4.69) is 47.5 Å². The standard InChI is InChI=1S/C35H63N4O7PS/c1-4-6-8-10-11-12-13-14-16-18-25-48-31(20-17-15-9-7-5-2)29(3)43-23-19-24-44-47(41,42)45-26-30-21-22-32(46-30)39-28-38-33-34(39)36-27-37-35(33)40/h27-32H,4-26H2,1-3H3,(H,41,42)(H,36,37,40)/t29?,30-,31?,32+/m0/s1. The highest BCUT2D eigenvalue weighted by atomic mass is 32.2. The highest BCUT2D eigenvalue weighted by molar-refractivity contribution is 7.99. The lowest BCUT2D eigenvalue weighted by Crippen LogP contribution is -2.25. The molecule has 3 unspecified atom stereocenters. The lowest BCUT2D eigenvalue weighted by molar-refractivity contribution is -0.0227. The van der Waals surface area contributed by atoms with Gasteiger partial charge >= 0.3 is 7.82 Å². The number of ether oxygens (including phenoxy) is 2. The average molecular weight is 715 g/mol. The van der Waals surface area contributed by atoms with Crippen LogP contribution in [-0.2, 0) is 23.1 Å². The second kappa shape index (κ2) is 24.0. The summed E-state index contributed by atoms with van der Waals surface area (Å²) in [4.78, 5) is 33.0. The molecule has 0 aliphatic carbocycles. The van der Waals surface area contributed by atoms with Crippen LogP contribution in [0.3, 0.4) is 0 Å². The fourth-order valence-electron chi connectivity index (χ4n) is 6.14. The van der Waals surface area contributed by atoms with E-state index >= 15 is 0 Å². The van der Waals surface area contributed by atoms with Gasteiger partial charge in [-0.3, -0.25) is 18.4 Å². The zero-order valence-electron chi connectivity index (χ0n) is 29.8. The fraction of sp³-hybridized carbons (Fsp3) is 0.857. The molecule has 2 N–H and O–H groups in total. The molecule has 276 valence electrons. The normalized spacial score (nSPS) is 19.2. The van der Waals surface area contributed by atoms with Crippen LogP contribution in [0.5, 0.6) is 0 Å². The summed E-state index contributed by atoms with van der Waals surface area (Å²) in [5, 5.41) is 0.463. The third kappa shape index (κ3) is 15.7. The molecule has 48 heavy (non-hydrogen) atoms. The van der Waals surface area contributed by atoms with E-state index in [-0.39, 0.29) is 42.7 Å². The maximum atomic E-state index is 12.5. The maximum absolute atomic E-state index is 12.5. The van der Waals surface area contributed by atoms with Crippen LogP contribution in [-0.4, -0.2) is 67.4 Å². The molecule has 0 radical (unpaired) electrons. The Kier molecular flexibility index (Phi) is 20.6. The Bertz CT molecular complexity index is 1230. The molecule has 11 nitrogen and oxygen atoms in total. The molecule has 5 atom stereocenters. The monoisotopic (exact) mass is 714 g/mol. The van der Waals surface area contributed by atoms with Gasteiger partial charge in [-0.05, 0) is 44.8 Å². The number of imidazole rings is 1. The maximum Gasteiger partial charge on any atom is 0.472 e. The molecule has 1 aliphatic rings. The SMILES string of the molecule is CCCCCCCCCCCCSC(CCCCCCC)C(C)OCCCOP(=O)(O)OC[C@@H]1CC[C@H](n2cnc3c(=O)[nH]cnc32)O1. The van der Waals surface area contributed by atoms with Crippen molar-refractivity contribution < 1.29 is 28.0 Å². The minimum Gasteiger partial charge on any atom is -0.377 e.